The first-order chi connectivity index (χ1) is 19.8. The fraction of sp³-hybridized carbons (Fsp3) is 0.444. The van der Waals surface area contributed by atoms with E-state index < -0.39 is 96.1 Å². The van der Waals surface area contributed by atoms with E-state index >= 15 is 0 Å². The molecule has 0 aliphatic carbocycles. The Kier molecular flexibility index (Phi) is 8.19. The quantitative estimate of drug-likeness (QED) is 0.161. The van der Waals surface area contributed by atoms with Crippen LogP contribution in [0.25, 0.3) is 22.3 Å². The summed E-state index contributed by atoms with van der Waals surface area (Å²) in [5, 5.41) is 90.8. The Balaban J connectivity index is 1.45. The highest BCUT2D eigenvalue weighted by atomic mass is 16.7. The zero-order valence-electron chi connectivity index (χ0n) is 22.0. The molecular formula is C27H30O15. The number of aliphatic hydroxyl groups excluding tert-OH is 5. The van der Waals surface area contributed by atoms with E-state index in [1.807, 2.05) is 0 Å². The Bertz CT molecular complexity index is 1510. The lowest BCUT2D eigenvalue weighted by molar-refractivity contribution is -0.309. The summed E-state index contributed by atoms with van der Waals surface area (Å²) < 4.78 is 28.2. The Morgan fingerprint density at radius 2 is 1.60 bits per heavy atom. The van der Waals surface area contributed by atoms with Gasteiger partial charge in [-0.2, -0.15) is 0 Å². The monoisotopic (exact) mass is 594 g/mol. The second-order valence-electron chi connectivity index (χ2n) is 10.2. The van der Waals surface area contributed by atoms with Gasteiger partial charge in [0.05, 0.1) is 18.8 Å². The third-order valence-electron chi connectivity index (χ3n) is 7.17. The minimum absolute atomic E-state index is 0.0525. The van der Waals surface area contributed by atoms with E-state index in [-0.39, 0.29) is 28.7 Å². The van der Waals surface area contributed by atoms with Gasteiger partial charge in [0.1, 0.15) is 53.0 Å². The maximum absolute atomic E-state index is 13.5. The van der Waals surface area contributed by atoms with Gasteiger partial charge in [-0.05, 0) is 25.1 Å². The minimum Gasteiger partial charge on any atom is -0.508 e. The maximum Gasteiger partial charge on any atom is 0.239 e. The molecule has 2 fully saturated rings. The van der Waals surface area contributed by atoms with Gasteiger partial charge in [-0.1, -0.05) is 0 Å². The van der Waals surface area contributed by atoms with Gasteiger partial charge < -0.3 is 69.3 Å². The predicted octanol–water partition coefficient (Wildman–Crippen LogP) is -0.658. The van der Waals surface area contributed by atoms with Crippen LogP contribution >= 0.6 is 0 Å². The van der Waals surface area contributed by atoms with E-state index in [0.29, 0.717) is 0 Å². The van der Waals surface area contributed by atoms with Crippen LogP contribution in [0.5, 0.6) is 28.7 Å². The first-order valence-corrected chi connectivity index (χ1v) is 12.9. The summed E-state index contributed by atoms with van der Waals surface area (Å²) in [5.41, 5.74) is -1.09. The lowest BCUT2D eigenvalue weighted by atomic mass is 9.99. The van der Waals surface area contributed by atoms with Gasteiger partial charge in [-0.25, -0.2) is 0 Å². The number of aliphatic hydroxyl groups is 5. The van der Waals surface area contributed by atoms with Crippen molar-refractivity contribution in [2.45, 2.75) is 68.7 Å². The summed E-state index contributed by atoms with van der Waals surface area (Å²) in [6, 6.07) is 5.49. The molecule has 0 saturated carbocycles. The molecule has 0 spiro atoms. The van der Waals surface area contributed by atoms with Crippen molar-refractivity contribution in [3.05, 3.63) is 40.6 Å². The summed E-state index contributed by atoms with van der Waals surface area (Å²) in [5.74, 6) is -2.86. The molecule has 2 aliphatic heterocycles. The summed E-state index contributed by atoms with van der Waals surface area (Å²) in [7, 11) is 0. The van der Waals surface area contributed by atoms with Gasteiger partial charge in [0.25, 0.3) is 0 Å². The third kappa shape index (κ3) is 5.56. The molecule has 1 aromatic heterocycles. The first kappa shape index (κ1) is 29.8. The Morgan fingerprint density at radius 3 is 2.31 bits per heavy atom. The lowest BCUT2D eigenvalue weighted by Gasteiger charge is -2.41. The van der Waals surface area contributed by atoms with E-state index in [0.717, 1.165) is 24.3 Å². The van der Waals surface area contributed by atoms with Crippen LogP contribution in [0.3, 0.4) is 0 Å². The van der Waals surface area contributed by atoms with Crippen LogP contribution < -0.4 is 10.2 Å². The van der Waals surface area contributed by atoms with Crippen molar-refractivity contribution in [3.63, 3.8) is 0 Å². The molecule has 228 valence electrons. The summed E-state index contributed by atoms with van der Waals surface area (Å²) in [4.78, 5) is 13.5. The molecular weight excluding hydrogens is 564 g/mol. The number of rotatable bonds is 6. The average Bonchev–Trinajstić information content (AvgIpc) is 2.93. The topological polar surface area (TPSA) is 249 Å². The SMILES string of the molecule is CC1OC(OCC2OC(Oc3c(-c4ccc(O)c(O)c4)oc4cc(O)cc(O)c4c3=O)CC(O)C2O)C(O)C(O)C1O. The fourth-order valence-electron chi connectivity index (χ4n) is 4.83. The average molecular weight is 595 g/mol. The Morgan fingerprint density at radius 1 is 0.857 bits per heavy atom. The normalized spacial score (nSPS) is 31.7. The molecule has 42 heavy (non-hydrogen) atoms. The number of phenols is 4. The van der Waals surface area contributed by atoms with Gasteiger partial charge >= 0.3 is 0 Å². The molecule has 2 aliphatic rings. The number of hydrogen-bond donors (Lipinski definition) is 9. The van der Waals surface area contributed by atoms with Crippen LogP contribution in [0.2, 0.25) is 0 Å². The fourth-order valence-corrected chi connectivity index (χ4v) is 4.83. The van der Waals surface area contributed by atoms with E-state index in [9.17, 15) is 50.8 Å². The smallest absolute Gasteiger partial charge is 0.239 e. The van der Waals surface area contributed by atoms with Gasteiger partial charge in [-0.15, -0.1) is 0 Å². The van der Waals surface area contributed by atoms with Crippen molar-refractivity contribution in [3.8, 4) is 40.1 Å². The molecule has 3 heterocycles. The number of phenolic OH excluding ortho intramolecular Hbond substituents is 4. The number of hydrogen-bond acceptors (Lipinski definition) is 15. The highest BCUT2D eigenvalue weighted by Gasteiger charge is 2.44. The summed E-state index contributed by atoms with van der Waals surface area (Å²) in [6.07, 6.45) is -12.9. The van der Waals surface area contributed by atoms with Crippen molar-refractivity contribution in [2.24, 2.45) is 0 Å². The number of ether oxygens (including phenoxy) is 4. The summed E-state index contributed by atoms with van der Waals surface area (Å²) >= 11 is 0. The minimum atomic E-state index is -1.63. The highest BCUT2D eigenvalue weighted by Crippen LogP contribution is 2.39. The molecule has 2 saturated heterocycles. The first-order valence-electron chi connectivity index (χ1n) is 12.9. The molecule has 0 radical (unpaired) electrons. The number of benzene rings is 2. The lowest BCUT2D eigenvalue weighted by Crippen LogP contribution is -2.58. The van der Waals surface area contributed by atoms with Crippen LogP contribution in [0, 0.1) is 0 Å². The zero-order valence-corrected chi connectivity index (χ0v) is 22.0. The van der Waals surface area contributed by atoms with Gasteiger partial charge in [0.2, 0.25) is 17.5 Å². The molecule has 2 aromatic carbocycles. The van der Waals surface area contributed by atoms with Crippen molar-refractivity contribution < 1.29 is 69.3 Å². The van der Waals surface area contributed by atoms with Gasteiger partial charge in [-0.3, -0.25) is 4.79 Å². The van der Waals surface area contributed by atoms with Crippen molar-refractivity contribution >= 4 is 11.0 Å². The molecule has 3 aromatic rings. The third-order valence-corrected chi connectivity index (χ3v) is 7.17. The molecule has 5 rings (SSSR count). The standard InChI is InChI=1S/C27H30O15/c1-9-20(33)23(36)24(37)27(39-9)38-8-17-21(34)15(32)7-18(40-17)42-26-22(35)19-14(31)5-11(28)6-16(19)41-25(26)10-2-3-12(29)13(30)4-10/h2-6,9,15,17-18,20-21,23-24,27-34,36-37H,7-8H2,1H3. The second kappa shape index (κ2) is 11.5. The maximum atomic E-state index is 13.5. The van der Waals surface area contributed by atoms with E-state index in [1.165, 1.54) is 13.0 Å². The van der Waals surface area contributed by atoms with E-state index in [1.54, 1.807) is 0 Å². The predicted molar refractivity (Wildman–Crippen MR) is 139 cm³/mol. The second-order valence-corrected chi connectivity index (χ2v) is 10.2. The number of fused-ring (bicyclic) bond motifs is 1. The molecule has 15 heteroatoms. The van der Waals surface area contributed by atoms with Crippen LogP contribution in [0.1, 0.15) is 13.3 Å². The molecule has 0 amide bonds. The number of aromatic hydroxyl groups is 4. The molecule has 0 bridgehead atoms. The van der Waals surface area contributed by atoms with E-state index in [2.05, 4.69) is 0 Å². The Labute approximate surface area is 236 Å². The molecule has 9 unspecified atom stereocenters. The van der Waals surface area contributed by atoms with Crippen molar-refractivity contribution in [2.75, 3.05) is 6.61 Å². The Hall–Kier alpha value is -3.67. The molecule has 15 nitrogen and oxygen atoms in total. The van der Waals surface area contributed by atoms with Crippen LogP contribution in [-0.2, 0) is 14.2 Å². The summed E-state index contributed by atoms with van der Waals surface area (Å²) in [6.45, 7) is 0.968. The van der Waals surface area contributed by atoms with Gasteiger partial charge in [0.15, 0.2) is 23.5 Å². The van der Waals surface area contributed by atoms with Gasteiger partial charge in [0, 0.05) is 24.1 Å². The van der Waals surface area contributed by atoms with Crippen LogP contribution in [-0.4, -0.2) is 108 Å². The van der Waals surface area contributed by atoms with Crippen LogP contribution in [0.15, 0.2) is 39.5 Å². The zero-order chi connectivity index (χ0) is 30.5. The van der Waals surface area contributed by atoms with Crippen molar-refractivity contribution in [1.82, 2.24) is 0 Å². The molecule has 9 atom stereocenters. The largest absolute Gasteiger partial charge is 0.508 e. The highest BCUT2D eigenvalue weighted by molar-refractivity contribution is 5.88. The molecule has 9 N–H and O–H groups in total. The van der Waals surface area contributed by atoms with E-state index in [4.69, 9.17) is 23.4 Å². The van der Waals surface area contributed by atoms with Crippen molar-refractivity contribution in [1.29, 1.82) is 0 Å². The van der Waals surface area contributed by atoms with Crippen LogP contribution in [0.4, 0.5) is 0 Å².